The van der Waals surface area contributed by atoms with Crippen LogP contribution in [-0.4, -0.2) is 40.3 Å². The van der Waals surface area contributed by atoms with Crippen molar-refractivity contribution in [2.45, 2.75) is 13.8 Å². The van der Waals surface area contributed by atoms with E-state index in [4.69, 9.17) is 20.8 Å². The average Bonchev–Trinajstić information content (AvgIpc) is 3.36. The molecule has 1 N–H and O–H groups in total. The lowest BCUT2D eigenvalue weighted by molar-refractivity contribution is -0.123. The van der Waals surface area contributed by atoms with Gasteiger partial charge in [0.1, 0.15) is 23.9 Å². The van der Waals surface area contributed by atoms with Gasteiger partial charge in [-0.25, -0.2) is 4.79 Å². The molecule has 2 aromatic carbocycles. The Morgan fingerprint density at radius 3 is 2.71 bits per heavy atom. The molecule has 1 saturated heterocycles. The van der Waals surface area contributed by atoms with Gasteiger partial charge in [0, 0.05) is 11.6 Å². The van der Waals surface area contributed by atoms with E-state index in [9.17, 15) is 19.5 Å². The van der Waals surface area contributed by atoms with Crippen LogP contribution in [0.5, 0.6) is 5.75 Å². The summed E-state index contributed by atoms with van der Waals surface area (Å²) < 4.78 is 11.5. The fourth-order valence-corrected chi connectivity index (χ4v) is 4.41. The number of aryl methyl sites for hydroxylation is 2. The molecule has 7 nitrogen and oxygen atoms in total. The molecule has 0 saturated carbocycles. The van der Waals surface area contributed by atoms with Crippen LogP contribution in [0.2, 0.25) is 5.02 Å². The molecule has 2 amide bonds. The number of hydrogen-bond donors (Lipinski definition) is 1. The second-order valence-electron chi connectivity index (χ2n) is 7.65. The van der Waals surface area contributed by atoms with Crippen molar-refractivity contribution in [1.29, 1.82) is 0 Å². The number of benzene rings is 2. The molecule has 0 spiro atoms. The van der Waals surface area contributed by atoms with Crippen molar-refractivity contribution >= 4 is 46.6 Å². The molecule has 174 valence electrons. The molecular weight excluding hydrogens is 478 g/mol. The molecular formula is C25H20ClNO6S. The second kappa shape index (κ2) is 9.79. The van der Waals surface area contributed by atoms with Gasteiger partial charge < -0.3 is 14.3 Å². The van der Waals surface area contributed by atoms with E-state index in [2.05, 4.69) is 0 Å². The zero-order valence-electron chi connectivity index (χ0n) is 18.3. The monoisotopic (exact) mass is 497 g/mol. The molecule has 0 unspecified atom stereocenters. The van der Waals surface area contributed by atoms with Crippen LogP contribution in [0.4, 0.5) is 4.79 Å². The lowest BCUT2D eigenvalue weighted by Crippen LogP contribution is -2.32. The summed E-state index contributed by atoms with van der Waals surface area (Å²) in [6.07, 6.45) is 1.48. The molecule has 9 heteroatoms. The number of carboxylic acids is 1. The number of rotatable bonds is 7. The highest BCUT2D eigenvalue weighted by atomic mass is 35.5. The molecule has 1 aliphatic rings. The molecule has 34 heavy (non-hydrogen) atoms. The second-order valence-corrected chi connectivity index (χ2v) is 9.05. The first-order chi connectivity index (χ1) is 16.2. The maximum atomic E-state index is 12.8. The van der Waals surface area contributed by atoms with E-state index < -0.39 is 11.9 Å². The third kappa shape index (κ3) is 5.03. The van der Waals surface area contributed by atoms with Gasteiger partial charge in [-0.1, -0.05) is 23.7 Å². The number of thioether (sulfide) groups is 1. The van der Waals surface area contributed by atoms with Crippen LogP contribution in [0, 0.1) is 13.8 Å². The highest BCUT2D eigenvalue weighted by molar-refractivity contribution is 8.18. The Bertz CT molecular complexity index is 1330. The van der Waals surface area contributed by atoms with Crippen molar-refractivity contribution < 1.29 is 28.6 Å². The maximum Gasteiger partial charge on any atom is 0.335 e. The number of halogens is 1. The summed E-state index contributed by atoms with van der Waals surface area (Å²) in [7, 11) is 0. The lowest BCUT2D eigenvalue weighted by atomic mass is 10.1. The van der Waals surface area contributed by atoms with E-state index in [1.807, 2.05) is 32.0 Å². The minimum Gasteiger partial charge on any atom is -0.491 e. The number of hydrogen-bond acceptors (Lipinski definition) is 6. The minimum absolute atomic E-state index is 0.0709. The van der Waals surface area contributed by atoms with Crippen molar-refractivity contribution in [3.8, 4) is 17.1 Å². The summed E-state index contributed by atoms with van der Waals surface area (Å²) >= 11 is 7.02. The third-order valence-corrected chi connectivity index (χ3v) is 6.41. The summed E-state index contributed by atoms with van der Waals surface area (Å²) in [5.41, 5.74) is 2.52. The highest BCUT2D eigenvalue weighted by Crippen LogP contribution is 2.35. The zero-order valence-corrected chi connectivity index (χ0v) is 19.9. The molecule has 1 aromatic heterocycles. The lowest BCUT2D eigenvalue weighted by Gasteiger charge is -2.14. The Kier molecular flexibility index (Phi) is 6.81. The largest absolute Gasteiger partial charge is 0.491 e. The summed E-state index contributed by atoms with van der Waals surface area (Å²) in [5.74, 6) is -0.107. The minimum atomic E-state index is -1.08. The van der Waals surface area contributed by atoms with E-state index >= 15 is 0 Å². The zero-order chi connectivity index (χ0) is 24.4. The van der Waals surface area contributed by atoms with Gasteiger partial charge in [0.15, 0.2) is 0 Å². The fraction of sp³-hybridized carbons (Fsp3) is 0.160. The quantitative estimate of drug-likeness (QED) is 0.398. The molecule has 1 fully saturated rings. The first kappa shape index (κ1) is 23.7. The van der Waals surface area contributed by atoms with E-state index in [0.717, 1.165) is 33.5 Å². The third-order valence-electron chi connectivity index (χ3n) is 5.17. The van der Waals surface area contributed by atoms with Gasteiger partial charge in [-0.3, -0.25) is 14.5 Å². The Morgan fingerprint density at radius 1 is 1.15 bits per heavy atom. The van der Waals surface area contributed by atoms with Crippen molar-refractivity contribution in [2.24, 2.45) is 0 Å². The number of imide groups is 1. The number of ether oxygens (including phenoxy) is 1. The number of furan rings is 1. The Hall–Kier alpha value is -3.49. The predicted octanol–water partition coefficient (Wildman–Crippen LogP) is 6.03. The van der Waals surface area contributed by atoms with Gasteiger partial charge in [0.25, 0.3) is 11.1 Å². The van der Waals surface area contributed by atoms with Crippen LogP contribution < -0.4 is 4.74 Å². The Morgan fingerprint density at radius 2 is 1.94 bits per heavy atom. The highest BCUT2D eigenvalue weighted by Gasteiger charge is 2.35. The maximum absolute atomic E-state index is 12.8. The van der Waals surface area contributed by atoms with E-state index in [-0.39, 0.29) is 28.9 Å². The smallest absolute Gasteiger partial charge is 0.335 e. The predicted molar refractivity (Wildman–Crippen MR) is 130 cm³/mol. The van der Waals surface area contributed by atoms with E-state index in [0.29, 0.717) is 22.1 Å². The van der Waals surface area contributed by atoms with E-state index in [1.165, 1.54) is 24.3 Å². The molecule has 0 atom stereocenters. The summed E-state index contributed by atoms with van der Waals surface area (Å²) in [5, 5.41) is 9.15. The van der Waals surface area contributed by atoms with Crippen LogP contribution in [-0.2, 0) is 4.79 Å². The number of amides is 2. The number of aromatic carboxylic acids is 1. The van der Waals surface area contributed by atoms with Crippen LogP contribution in [0.1, 0.15) is 27.2 Å². The van der Waals surface area contributed by atoms with Gasteiger partial charge in [0.2, 0.25) is 0 Å². The fourth-order valence-electron chi connectivity index (χ4n) is 3.35. The van der Waals surface area contributed by atoms with Crippen LogP contribution in [0.25, 0.3) is 17.4 Å². The van der Waals surface area contributed by atoms with Crippen LogP contribution >= 0.6 is 23.4 Å². The first-order valence-electron chi connectivity index (χ1n) is 10.3. The average molecular weight is 498 g/mol. The summed E-state index contributed by atoms with van der Waals surface area (Å²) in [6.45, 7) is 4.19. The SMILES string of the molecule is Cc1ccc(C)c(OCCN2C(=O)S/C(=C\c3ccc(-c4cc(C(=O)O)ccc4Cl)o3)C2=O)c1. The molecule has 0 aliphatic carbocycles. The number of carbonyl (C=O) groups is 3. The van der Waals surface area contributed by atoms with Crippen molar-refractivity contribution in [2.75, 3.05) is 13.2 Å². The topological polar surface area (TPSA) is 97.1 Å². The first-order valence-corrected chi connectivity index (χ1v) is 11.5. The number of carboxylic acid groups (broad SMARTS) is 1. The van der Waals surface area contributed by atoms with Crippen LogP contribution in [0.3, 0.4) is 0 Å². The van der Waals surface area contributed by atoms with Gasteiger partial charge in [0.05, 0.1) is 22.0 Å². The molecule has 1 aliphatic heterocycles. The molecule has 2 heterocycles. The summed E-state index contributed by atoms with van der Waals surface area (Å²) in [4.78, 5) is 37.8. The van der Waals surface area contributed by atoms with Crippen molar-refractivity contribution in [1.82, 2.24) is 4.90 Å². The van der Waals surface area contributed by atoms with Crippen molar-refractivity contribution in [3.63, 3.8) is 0 Å². The van der Waals surface area contributed by atoms with Gasteiger partial charge in [-0.15, -0.1) is 0 Å². The number of nitrogens with zero attached hydrogens (tertiary/aromatic N) is 1. The standard InChI is InChI=1S/C25H20ClNO6S/c1-14-3-4-15(2)21(11-14)32-10-9-27-23(28)22(34-25(27)31)13-17-6-8-20(33-17)18-12-16(24(29)30)5-7-19(18)26/h3-8,11-13H,9-10H2,1-2H3,(H,29,30)/b22-13-. The Balaban J connectivity index is 1.46. The Labute approximate surface area is 205 Å². The van der Waals surface area contributed by atoms with Crippen molar-refractivity contribution in [3.05, 3.63) is 80.9 Å². The summed E-state index contributed by atoms with van der Waals surface area (Å²) in [6, 6.07) is 13.4. The molecule has 3 aromatic rings. The van der Waals surface area contributed by atoms with Gasteiger partial charge in [-0.2, -0.15) is 0 Å². The normalized spacial score (nSPS) is 14.8. The van der Waals surface area contributed by atoms with Gasteiger partial charge >= 0.3 is 5.97 Å². The van der Waals surface area contributed by atoms with E-state index in [1.54, 1.807) is 12.1 Å². The number of carbonyl (C=O) groups excluding carboxylic acids is 2. The molecule has 4 rings (SSSR count). The van der Waals surface area contributed by atoms with Gasteiger partial charge in [-0.05, 0) is 73.1 Å². The van der Waals surface area contributed by atoms with Crippen LogP contribution in [0.15, 0.2) is 57.9 Å². The molecule has 0 radical (unpaired) electrons. The molecule has 0 bridgehead atoms.